The topological polar surface area (TPSA) is 61.2 Å². The van der Waals surface area contributed by atoms with Crippen LogP contribution < -0.4 is 15.5 Å². The van der Waals surface area contributed by atoms with Crippen molar-refractivity contribution in [2.45, 2.75) is 25.7 Å². The van der Waals surface area contributed by atoms with Crippen LogP contribution in [-0.2, 0) is 13.5 Å². The van der Waals surface area contributed by atoms with Gasteiger partial charge < -0.3 is 25.0 Å². The minimum Gasteiger partial charge on any atom is -0.386 e. The summed E-state index contributed by atoms with van der Waals surface area (Å²) < 4.78 is 2.17. The molecule has 0 radical (unpaired) electrons. The summed E-state index contributed by atoms with van der Waals surface area (Å²) in [4.78, 5) is 14.0. The molecular formula is C27H37N7. The van der Waals surface area contributed by atoms with Crippen LogP contribution in [0.25, 0.3) is 6.08 Å². The van der Waals surface area contributed by atoms with Crippen LogP contribution in [0, 0.1) is 0 Å². The number of rotatable bonds is 9. The molecule has 0 fully saturated rings. The molecule has 7 heteroatoms. The third-order valence-corrected chi connectivity index (χ3v) is 6.62. The Labute approximate surface area is 203 Å². The highest BCUT2D eigenvalue weighted by Gasteiger charge is 2.22. The molecule has 34 heavy (non-hydrogen) atoms. The second kappa shape index (κ2) is 10.3. The summed E-state index contributed by atoms with van der Waals surface area (Å²) >= 11 is 0. The minimum atomic E-state index is 0.246. The Hall–Kier alpha value is -3.32. The molecule has 2 N–H and O–H groups in total. The molecule has 0 bridgehead atoms. The molecule has 0 aliphatic heterocycles. The first-order valence-corrected chi connectivity index (χ1v) is 12.0. The number of aryl methyl sites for hydroxylation is 2. The number of nitrogens with one attached hydrogen (secondary N) is 2. The minimum absolute atomic E-state index is 0.246. The number of fused-ring (bicyclic) bond motifs is 1. The lowest BCUT2D eigenvalue weighted by atomic mass is 9.88. The van der Waals surface area contributed by atoms with E-state index >= 15 is 0 Å². The number of hydrogen-bond acceptors (Lipinski definition) is 6. The van der Waals surface area contributed by atoms with Gasteiger partial charge in [0.15, 0.2) is 0 Å². The van der Waals surface area contributed by atoms with Gasteiger partial charge in [0, 0.05) is 63.9 Å². The van der Waals surface area contributed by atoms with E-state index in [1.807, 2.05) is 19.3 Å². The number of benzene rings is 1. The van der Waals surface area contributed by atoms with Crippen LogP contribution in [0.5, 0.6) is 0 Å². The zero-order chi connectivity index (χ0) is 24.2. The van der Waals surface area contributed by atoms with Crippen LogP contribution in [0.4, 0.5) is 23.0 Å². The number of allylic oxidation sites excluding steroid dienone is 1. The molecule has 1 aliphatic rings. The van der Waals surface area contributed by atoms with Crippen molar-refractivity contribution >= 4 is 29.1 Å². The largest absolute Gasteiger partial charge is 0.386 e. The first kappa shape index (κ1) is 23.8. The molecule has 0 amide bonds. The lowest BCUT2D eigenvalue weighted by Crippen LogP contribution is -2.29. The van der Waals surface area contributed by atoms with Crippen molar-refractivity contribution in [2.24, 2.45) is 7.05 Å². The van der Waals surface area contributed by atoms with Crippen molar-refractivity contribution in [1.29, 1.82) is 0 Å². The second-order valence-corrected chi connectivity index (χ2v) is 9.24. The fourth-order valence-corrected chi connectivity index (χ4v) is 4.57. The number of hydrogen-bond donors (Lipinski definition) is 2. The zero-order valence-corrected chi connectivity index (χ0v) is 21.3. The van der Waals surface area contributed by atoms with Crippen molar-refractivity contribution in [3.05, 3.63) is 65.2 Å². The van der Waals surface area contributed by atoms with Gasteiger partial charge in [-0.3, -0.25) is 0 Å². The van der Waals surface area contributed by atoms with Gasteiger partial charge in [0.05, 0.1) is 17.1 Å². The Kier molecular flexibility index (Phi) is 7.22. The van der Waals surface area contributed by atoms with E-state index in [2.05, 4.69) is 102 Å². The van der Waals surface area contributed by atoms with E-state index in [0.717, 1.165) is 43.0 Å². The van der Waals surface area contributed by atoms with Crippen molar-refractivity contribution in [2.75, 3.05) is 56.8 Å². The highest BCUT2D eigenvalue weighted by Crippen LogP contribution is 2.36. The van der Waals surface area contributed by atoms with E-state index in [1.165, 1.54) is 22.5 Å². The maximum absolute atomic E-state index is 4.94. The number of likely N-dealkylation sites (N-methyl/N-ethyl adjacent to an activating group) is 2. The lowest BCUT2D eigenvalue weighted by Gasteiger charge is -2.26. The molecule has 2 aromatic heterocycles. The molecule has 1 atom stereocenters. The molecule has 3 aromatic rings. The van der Waals surface area contributed by atoms with Crippen molar-refractivity contribution < 1.29 is 0 Å². The molecule has 0 saturated heterocycles. The van der Waals surface area contributed by atoms with Crippen LogP contribution >= 0.6 is 0 Å². The number of nitrogens with zero attached hydrogens (tertiary/aromatic N) is 5. The Bertz CT molecular complexity index is 1160. The van der Waals surface area contributed by atoms with Gasteiger partial charge in [-0.25, -0.2) is 9.97 Å². The zero-order valence-electron chi connectivity index (χ0n) is 21.3. The summed E-state index contributed by atoms with van der Waals surface area (Å²) in [5, 5.41) is 6.88. The summed E-state index contributed by atoms with van der Waals surface area (Å²) in [5.41, 5.74) is 8.19. The summed E-state index contributed by atoms with van der Waals surface area (Å²) in [6, 6.07) is 8.69. The van der Waals surface area contributed by atoms with Crippen LogP contribution in [0.15, 0.2) is 42.7 Å². The third kappa shape index (κ3) is 4.94. The van der Waals surface area contributed by atoms with E-state index in [-0.39, 0.29) is 5.92 Å². The highest BCUT2D eigenvalue weighted by atomic mass is 15.2. The molecule has 7 nitrogen and oxygen atoms in total. The summed E-state index contributed by atoms with van der Waals surface area (Å²) in [7, 11) is 10.4. The quantitative estimate of drug-likeness (QED) is 0.483. The van der Waals surface area contributed by atoms with Gasteiger partial charge in [-0.2, -0.15) is 0 Å². The first-order chi connectivity index (χ1) is 16.4. The van der Waals surface area contributed by atoms with Gasteiger partial charge in [-0.1, -0.05) is 13.0 Å². The van der Waals surface area contributed by atoms with Gasteiger partial charge in [0.25, 0.3) is 0 Å². The Morgan fingerprint density at radius 2 is 1.94 bits per heavy atom. The van der Waals surface area contributed by atoms with E-state index in [9.17, 15) is 0 Å². The molecule has 4 rings (SSSR count). The predicted octanol–water partition coefficient (Wildman–Crippen LogP) is 4.71. The SMILES string of the molecule is CCc1cc(N(C)CCN(C)C)c(NC)cc1Nc1nccc(C2CC=Cc3c2ccn3C)n1. The van der Waals surface area contributed by atoms with Crippen LogP contribution in [0.2, 0.25) is 0 Å². The number of anilines is 4. The Morgan fingerprint density at radius 3 is 2.68 bits per heavy atom. The Morgan fingerprint density at radius 1 is 1.12 bits per heavy atom. The third-order valence-electron chi connectivity index (χ3n) is 6.62. The predicted molar refractivity (Wildman–Crippen MR) is 143 cm³/mol. The molecule has 1 unspecified atom stereocenters. The number of aromatic nitrogens is 3. The van der Waals surface area contributed by atoms with E-state index < -0.39 is 0 Å². The van der Waals surface area contributed by atoms with E-state index in [4.69, 9.17) is 4.98 Å². The van der Waals surface area contributed by atoms with Crippen LogP contribution in [0.1, 0.15) is 41.8 Å². The van der Waals surface area contributed by atoms with Gasteiger partial charge in [0.1, 0.15) is 0 Å². The standard InChI is InChI=1S/C27H37N7/c1-7-19-17-26(34(6)16-15-32(3)4)24(28-2)18-23(19)31-27-29-13-11-22(30-27)20-9-8-10-25-21(20)12-14-33(25)5/h8,10-14,17-18,20,28H,7,9,15-16H2,1-6H3,(H,29,30,31). The smallest absolute Gasteiger partial charge is 0.227 e. The van der Waals surface area contributed by atoms with Crippen LogP contribution in [-0.4, -0.2) is 60.7 Å². The average Bonchev–Trinajstić information content (AvgIpc) is 3.23. The molecule has 0 saturated carbocycles. The van der Waals surface area contributed by atoms with E-state index in [1.54, 1.807) is 0 Å². The molecule has 1 aliphatic carbocycles. The Balaban J connectivity index is 1.61. The molecule has 2 heterocycles. The monoisotopic (exact) mass is 459 g/mol. The van der Waals surface area contributed by atoms with E-state index in [0.29, 0.717) is 5.95 Å². The molecule has 1 aromatic carbocycles. The average molecular weight is 460 g/mol. The fraction of sp³-hybridized carbons (Fsp3) is 0.407. The van der Waals surface area contributed by atoms with Crippen LogP contribution in [0.3, 0.4) is 0 Å². The second-order valence-electron chi connectivity index (χ2n) is 9.24. The van der Waals surface area contributed by atoms with Crippen molar-refractivity contribution in [3.63, 3.8) is 0 Å². The van der Waals surface area contributed by atoms with Gasteiger partial charge >= 0.3 is 0 Å². The first-order valence-electron chi connectivity index (χ1n) is 12.0. The summed E-state index contributed by atoms with van der Waals surface area (Å²) in [6.07, 6.45) is 10.3. The molecule has 180 valence electrons. The maximum atomic E-state index is 4.94. The highest BCUT2D eigenvalue weighted by molar-refractivity contribution is 5.78. The summed E-state index contributed by atoms with van der Waals surface area (Å²) in [5.74, 6) is 0.881. The molecular weight excluding hydrogens is 422 g/mol. The van der Waals surface area contributed by atoms with Crippen molar-refractivity contribution in [3.8, 4) is 0 Å². The maximum Gasteiger partial charge on any atom is 0.227 e. The van der Waals surface area contributed by atoms with Gasteiger partial charge in [-0.15, -0.1) is 0 Å². The van der Waals surface area contributed by atoms with Gasteiger partial charge in [-0.05, 0) is 68.4 Å². The molecule has 0 spiro atoms. The fourth-order valence-electron chi connectivity index (χ4n) is 4.57. The summed E-state index contributed by atoms with van der Waals surface area (Å²) in [6.45, 7) is 4.15. The lowest BCUT2D eigenvalue weighted by molar-refractivity contribution is 0.416. The normalized spacial score (nSPS) is 14.9. The van der Waals surface area contributed by atoms with Gasteiger partial charge in [0.2, 0.25) is 5.95 Å². The van der Waals surface area contributed by atoms with Crippen molar-refractivity contribution in [1.82, 2.24) is 19.4 Å².